The number of allylic oxidation sites excluding steroid dienone is 2. The predicted octanol–water partition coefficient (Wildman–Crippen LogP) is 7.15. The second-order valence-electron chi connectivity index (χ2n) is 13.5. The van der Waals surface area contributed by atoms with Crippen LogP contribution in [0.3, 0.4) is 0 Å². The number of phenols is 1. The van der Waals surface area contributed by atoms with Gasteiger partial charge in [0.2, 0.25) is 10.4 Å². The number of esters is 2. The van der Waals surface area contributed by atoms with Crippen LogP contribution in [0.2, 0.25) is 0 Å². The summed E-state index contributed by atoms with van der Waals surface area (Å²) in [5, 5.41) is 69.6. The van der Waals surface area contributed by atoms with Gasteiger partial charge in [0.1, 0.15) is 29.6 Å². The van der Waals surface area contributed by atoms with Crippen LogP contribution in [-0.2, 0) is 40.4 Å². The summed E-state index contributed by atoms with van der Waals surface area (Å²) in [4.78, 5) is 45.3. The normalized spacial score (nSPS) is 10.6. The minimum atomic E-state index is -1.34. The minimum absolute atomic E-state index is 0. The molecule has 4 unspecified atom stereocenters. The second kappa shape index (κ2) is 73.3. The van der Waals surface area contributed by atoms with Gasteiger partial charge in [0.05, 0.1) is 38.4 Å². The summed E-state index contributed by atoms with van der Waals surface area (Å²) >= 11 is 24.8. The van der Waals surface area contributed by atoms with E-state index in [-0.39, 0.29) is 314 Å². The van der Waals surface area contributed by atoms with Crippen molar-refractivity contribution in [1.29, 1.82) is 0 Å². The van der Waals surface area contributed by atoms with Crippen LogP contribution in [0.25, 0.3) is 16.0 Å². The predicted molar refractivity (Wildman–Crippen MR) is 294 cm³/mol. The molecule has 4 aromatic rings. The number of aromatic hydroxyl groups is 1. The number of hydrogen-bond donors (Lipinski definition) is 9. The Morgan fingerprint density at radius 3 is 1.33 bits per heavy atom. The molecular weight excluding hydrogens is 1410 g/mol. The Balaban J connectivity index is -0.000000105. The minimum Gasteiger partial charge on any atom is -0.508 e. The number of aliphatic hydroxyl groups excluding tert-OH is 7. The molecule has 0 heterocycles. The van der Waals surface area contributed by atoms with Crippen molar-refractivity contribution >= 4 is 118 Å². The Kier molecular flexibility index (Phi) is 94.7. The zero-order valence-electron chi connectivity index (χ0n) is 41.1. The number of hydrogen-bond acceptors (Lipinski definition) is 15. The van der Waals surface area contributed by atoms with Gasteiger partial charge in [-0.25, -0.2) is 4.85 Å². The smallest absolute Gasteiger partial charge is 0.321 e. The number of halogens is 5. The molecule has 0 amide bonds. The molecular formula is C49H62Ar6Br2Cl3NO15S2. The zero-order chi connectivity index (χ0) is 55.0. The standard InChI is InChI=1S/C13H9NO.C13H18O5S.C7H6OS.C6H11ClO4.C4H6Br2.C4H10O3.C2H2Cl2O.6Ar/c1-14-12-6-2-10(3-7-12)11-4-8-13(15)9-5-11;14-7-6-12(8-15)18-13(16)10-19(17)9-11-4-2-1-3-5-11;8-7(9)6-4-2-1-3-5-6;7-3-6(10)11-5(4-9)1-2-8;5-3-1-2-4-6;5-2-1-4(7)3-6;3-1-2(4)5;;;;;;/h2-9,15H;1-5,12,14-15H,6-10H2;1-5H,(H,8,9);5,8-9H,1-4H2;1-2H,3-4H2;4-7H,1-3H2;1H2;;;;;;/b;;;;2-1+;;;;;;;;. The summed E-state index contributed by atoms with van der Waals surface area (Å²) in [5.41, 5.74) is 4.24. The largest absolute Gasteiger partial charge is 0.508 e. The SMILES string of the molecule is BrC/C=C/CBr.O=C(CCl)OC(CO)CCO.O=C(CS(=O)Cc1ccccc1)OC(CO)CCO.O=C(Cl)CCl.O=C(S)c1ccccc1.OCCC(O)CO.[Ar].[Ar].[Ar].[Ar].[Ar].[Ar].[C-]#[N+]c1ccc(-c2ccc(O)cc2)cc1. The van der Waals surface area contributed by atoms with E-state index in [0.717, 1.165) is 27.4 Å². The van der Waals surface area contributed by atoms with Crippen LogP contribution in [0, 0.1) is 233 Å². The van der Waals surface area contributed by atoms with E-state index in [9.17, 15) is 23.4 Å². The molecule has 29 heteroatoms. The zero-order valence-corrected chi connectivity index (χ0v) is 52.5. The number of ether oxygens (including phenoxy) is 2. The number of alkyl halides is 4. The summed E-state index contributed by atoms with van der Waals surface area (Å²) < 4.78 is 21.3. The molecule has 0 fully saturated rings. The van der Waals surface area contributed by atoms with Gasteiger partial charge < -0.3 is 50.3 Å². The van der Waals surface area contributed by atoms with E-state index >= 15 is 0 Å². The Morgan fingerprint density at radius 1 is 0.628 bits per heavy atom. The van der Waals surface area contributed by atoms with E-state index in [1.54, 1.807) is 36.4 Å². The Hall–Kier alpha value is 3.80. The average molecular weight is 1480 g/mol. The molecule has 0 radical (unpaired) electrons. The van der Waals surface area contributed by atoms with E-state index in [1.165, 1.54) is 0 Å². The fourth-order valence-corrected chi connectivity index (χ4v) is 6.11. The first-order chi connectivity index (χ1) is 34.5. The Labute approximate surface area is 677 Å². The van der Waals surface area contributed by atoms with Gasteiger partial charge in [-0.15, -0.1) is 35.8 Å². The van der Waals surface area contributed by atoms with E-state index < -0.39 is 46.3 Å². The molecule has 0 aliphatic heterocycles. The molecule has 0 aliphatic carbocycles. The Morgan fingerprint density at radius 2 is 1.03 bits per heavy atom. The first kappa shape index (κ1) is 101. The molecule has 448 valence electrons. The third kappa shape index (κ3) is 64.3. The summed E-state index contributed by atoms with van der Waals surface area (Å²) in [5.74, 6) is -1.20. The molecule has 4 rings (SSSR count). The van der Waals surface area contributed by atoms with Crippen LogP contribution in [0.15, 0.2) is 121 Å². The van der Waals surface area contributed by atoms with E-state index in [2.05, 4.69) is 66.2 Å². The number of carbonyl (C=O) groups is 4. The third-order valence-corrected chi connectivity index (χ3v) is 10.8. The van der Waals surface area contributed by atoms with E-state index in [1.807, 2.05) is 72.8 Å². The van der Waals surface area contributed by atoms with Gasteiger partial charge in [0.15, 0.2) is 5.69 Å². The van der Waals surface area contributed by atoms with Crippen LogP contribution < -0.4 is 0 Å². The number of benzene rings is 4. The quantitative estimate of drug-likeness (QED) is 0.0100. The molecule has 0 spiro atoms. The molecule has 0 saturated heterocycles. The topological polar surface area (TPSA) is 270 Å². The molecule has 0 bridgehead atoms. The van der Waals surface area contributed by atoms with Crippen LogP contribution >= 0.6 is 79.3 Å². The van der Waals surface area contributed by atoms with Crippen molar-refractivity contribution in [1.82, 2.24) is 0 Å². The molecule has 8 N–H and O–H groups in total. The fraction of sp³-hybridized carbons (Fsp3) is 0.367. The first-order valence-corrected chi connectivity index (χ1v) is 26.9. The number of aliphatic hydroxyl groups is 7. The summed E-state index contributed by atoms with van der Waals surface area (Å²) in [6.07, 6.45) is 2.66. The summed E-state index contributed by atoms with van der Waals surface area (Å²) in [6.45, 7) is 5.57. The number of nitrogens with zero attached hydrogens (tertiary/aromatic N) is 1. The van der Waals surface area contributed by atoms with Crippen LogP contribution in [-0.4, -0.2) is 153 Å². The molecule has 0 aliphatic rings. The number of carbonyl (C=O) groups excluding carboxylic acids is 4. The molecule has 0 aromatic heterocycles. The van der Waals surface area contributed by atoms with Gasteiger partial charge >= 0.3 is 11.9 Å². The van der Waals surface area contributed by atoms with Gasteiger partial charge in [0.25, 0.3) is 0 Å². The van der Waals surface area contributed by atoms with Crippen molar-refractivity contribution in [2.75, 3.05) is 67.8 Å². The maximum atomic E-state index is 11.7. The monoisotopic (exact) mass is 1470 g/mol. The van der Waals surface area contributed by atoms with E-state index in [4.69, 9.17) is 87.0 Å². The van der Waals surface area contributed by atoms with Gasteiger partial charge in [-0.3, -0.25) is 23.4 Å². The molecule has 78 heavy (non-hydrogen) atoms. The summed E-state index contributed by atoms with van der Waals surface area (Å²) in [7, 11) is -1.34. The van der Waals surface area contributed by atoms with E-state index in [0.29, 0.717) is 17.0 Å². The maximum absolute atomic E-state index is 11.7. The maximum Gasteiger partial charge on any atom is 0.321 e. The van der Waals surface area contributed by atoms with Crippen LogP contribution in [0.5, 0.6) is 5.75 Å². The van der Waals surface area contributed by atoms with Gasteiger partial charge in [-0.2, -0.15) is 0 Å². The fourth-order valence-electron chi connectivity index (χ4n) is 4.37. The molecule has 4 atom stereocenters. The Bertz CT molecular complexity index is 2100. The van der Waals surface area contributed by atoms with Gasteiger partial charge in [0, 0.05) is 292 Å². The van der Waals surface area contributed by atoms with Crippen molar-refractivity contribution in [3.63, 3.8) is 0 Å². The van der Waals surface area contributed by atoms with Crippen molar-refractivity contribution < 1.29 is 300 Å². The van der Waals surface area contributed by atoms with Crippen LogP contribution in [0.4, 0.5) is 5.69 Å². The number of thiol groups is 1. The number of phenolic OH excluding ortho intramolecular Hbond substituents is 1. The van der Waals surface area contributed by atoms with Gasteiger partial charge in [-0.05, 0) is 46.8 Å². The average Bonchev–Trinajstić information content (AvgIpc) is 3.39. The summed E-state index contributed by atoms with van der Waals surface area (Å²) in [6, 6.07) is 32.5. The third-order valence-electron chi connectivity index (χ3n) is 7.80. The first-order valence-electron chi connectivity index (χ1n) is 21.2. The molecule has 4 aromatic carbocycles. The van der Waals surface area contributed by atoms with Crippen molar-refractivity contribution in [3.8, 4) is 16.9 Å². The van der Waals surface area contributed by atoms with Crippen molar-refractivity contribution in [2.45, 2.75) is 43.3 Å². The second-order valence-corrected chi connectivity index (χ2v) is 17.6. The molecule has 0 saturated carbocycles. The molecule has 16 nitrogen and oxygen atoms in total. The van der Waals surface area contributed by atoms with Crippen LogP contribution in [0.1, 0.15) is 35.2 Å². The van der Waals surface area contributed by atoms with Crippen molar-refractivity contribution in [2.24, 2.45) is 0 Å². The number of rotatable bonds is 21. The van der Waals surface area contributed by atoms with Gasteiger partial charge in [-0.1, -0.05) is 141 Å². The van der Waals surface area contributed by atoms with Crippen molar-refractivity contribution in [3.05, 3.63) is 144 Å².